The molecule has 1 heterocycles. The van der Waals surface area contributed by atoms with Gasteiger partial charge in [-0.3, -0.25) is 0 Å². The Labute approximate surface area is 159 Å². The van der Waals surface area contributed by atoms with E-state index < -0.39 is 0 Å². The molecule has 1 fully saturated rings. The van der Waals surface area contributed by atoms with Crippen LogP contribution in [0.1, 0.15) is 65.0 Å². The quantitative estimate of drug-likeness (QED) is 0.638. The molecular weight excluding hydrogens is 319 g/mol. The molecule has 2 aromatic rings. The summed E-state index contributed by atoms with van der Waals surface area (Å²) in [5, 5.41) is -0.289. The molecule has 26 heavy (non-hydrogen) atoms. The lowest BCUT2D eigenvalue weighted by Gasteiger charge is -2.39. The highest BCUT2D eigenvalue weighted by molar-refractivity contribution is 6.50. The lowest BCUT2D eigenvalue weighted by Crippen LogP contribution is -2.48. The molecule has 2 nitrogen and oxygen atoms in total. The van der Waals surface area contributed by atoms with Crippen molar-refractivity contribution in [1.82, 2.24) is 0 Å². The first kappa shape index (κ1) is 19.2. The van der Waals surface area contributed by atoms with Gasteiger partial charge in [-0.15, -0.1) is 0 Å². The third-order valence-electron chi connectivity index (χ3n) is 6.47. The van der Waals surface area contributed by atoms with Gasteiger partial charge in [0.1, 0.15) is 0 Å². The third-order valence-corrected chi connectivity index (χ3v) is 6.47. The molecule has 2 atom stereocenters. The molecule has 0 saturated carbocycles. The fraction of sp³-hybridized carbons (Fsp3) is 0.478. The van der Waals surface area contributed by atoms with E-state index in [1.807, 2.05) is 0 Å². The Morgan fingerprint density at radius 3 is 1.77 bits per heavy atom. The van der Waals surface area contributed by atoms with Crippen molar-refractivity contribution in [2.75, 3.05) is 0 Å². The summed E-state index contributed by atoms with van der Waals surface area (Å²) >= 11 is 0. The predicted octanol–water partition coefficient (Wildman–Crippen LogP) is 5.77. The summed E-state index contributed by atoms with van der Waals surface area (Å²) in [7, 11) is -0.306. The van der Waals surface area contributed by atoms with Gasteiger partial charge < -0.3 is 9.31 Å². The third kappa shape index (κ3) is 3.12. The summed E-state index contributed by atoms with van der Waals surface area (Å²) in [4.78, 5) is 0. The second-order valence-corrected chi connectivity index (χ2v) is 8.61. The summed E-state index contributed by atoms with van der Waals surface area (Å²) in [6, 6.07) is 21.4. The first-order valence-corrected chi connectivity index (χ1v) is 9.68. The molecule has 0 aliphatic carbocycles. The minimum atomic E-state index is -0.345. The van der Waals surface area contributed by atoms with Gasteiger partial charge in [-0.25, -0.2) is 0 Å². The van der Waals surface area contributed by atoms with Crippen LogP contribution in [-0.4, -0.2) is 18.3 Å². The van der Waals surface area contributed by atoms with Gasteiger partial charge in [0.15, 0.2) is 0 Å². The van der Waals surface area contributed by atoms with Crippen molar-refractivity contribution >= 4 is 7.12 Å². The fourth-order valence-corrected chi connectivity index (χ4v) is 4.08. The summed E-state index contributed by atoms with van der Waals surface area (Å²) < 4.78 is 13.1. The molecule has 0 spiro atoms. The molecule has 1 aliphatic heterocycles. The van der Waals surface area contributed by atoms with Gasteiger partial charge in [-0.05, 0) is 51.2 Å². The van der Waals surface area contributed by atoms with E-state index in [-0.39, 0.29) is 23.6 Å². The summed E-state index contributed by atoms with van der Waals surface area (Å²) in [5.41, 5.74) is 1.90. The molecular formula is C23H31BO2. The molecule has 0 N–H and O–H groups in total. The molecule has 2 aromatic carbocycles. The molecule has 3 rings (SSSR count). The Morgan fingerprint density at radius 2 is 1.31 bits per heavy atom. The zero-order valence-electron chi connectivity index (χ0n) is 17.0. The van der Waals surface area contributed by atoms with Crippen LogP contribution < -0.4 is 0 Å². The Balaban J connectivity index is 2.12. The first-order chi connectivity index (χ1) is 12.2. The van der Waals surface area contributed by atoms with Crippen molar-refractivity contribution in [3.05, 3.63) is 71.8 Å². The van der Waals surface area contributed by atoms with Gasteiger partial charge in [0, 0.05) is 5.31 Å². The molecule has 0 radical (unpaired) electrons. The van der Waals surface area contributed by atoms with Crippen molar-refractivity contribution in [3.63, 3.8) is 0 Å². The normalized spacial score (nSPS) is 22.0. The van der Waals surface area contributed by atoms with E-state index in [0.29, 0.717) is 5.92 Å². The minimum absolute atomic E-state index is 0.289. The zero-order chi connectivity index (χ0) is 19.0. The van der Waals surface area contributed by atoms with E-state index in [4.69, 9.17) is 9.31 Å². The van der Waals surface area contributed by atoms with Crippen molar-refractivity contribution < 1.29 is 9.31 Å². The Kier molecular flexibility index (Phi) is 5.07. The van der Waals surface area contributed by atoms with Gasteiger partial charge in [0.05, 0.1) is 11.2 Å². The second kappa shape index (κ2) is 6.86. The molecule has 0 bridgehead atoms. The first-order valence-electron chi connectivity index (χ1n) is 9.68. The number of hydrogen-bond donors (Lipinski definition) is 0. The highest BCUT2D eigenvalue weighted by Gasteiger charge is 2.60. The predicted molar refractivity (Wildman–Crippen MR) is 109 cm³/mol. The Hall–Kier alpha value is -1.58. The minimum Gasteiger partial charge on any atom is -0.403 e. The maximum atomic E-state index is 6.57. The van der Waals surface area contributed by atoms with Gasteiger partial charge in [-0.2, -0.15) is 0 Å². The van der Waals surface area contributed by atoms with Crippen LogP contribution in [0.25, 0.3) is 0 Å². The van der Waals surface area contributed by atoms with E-state index in [1.165, 1.54) is 11.1 Å². The lowest BCUT2D eigenvalue weighted by atomic mass is 9.47. The van der Waals surface area contributed by atoms with E-state index in [2.05, 4.69) is 102 Å². The SMILES string of the molecule is CCC(c1ccccc1)C(C)(B1OC(C)(C)C(C)(C)O1)c1ccccc1. The van der Waals surface area contributed by atoms with Crippen molar-refractivity contribution in [1.29, 1.82) is 0 Å². The van der Waals surface area contributed by atoms with Gasteiger partial charge >= 0.3 is 7.12 Å². The monoisotopic (exact) mass is 350 g/mol. The van der Waals surface area contributed by atoms with E-state index >= 15 is 0 Å². The Bertz CT molecular complexity index is 710. The topological polar surface area (TPSA) is 18.5 Å². The van der Waals surface area contributed by atoms with Crippen LogP contribution in [0.4, 0.5) is 0 Å². The maximum absolute atomic E-state index is 6.57. The van der Waals surface area contributed by atoms with Crippen LogP contribution in [0.15, 0.2) is 60.7 Å². The van der Waals surface area contributed by atoms with Gasteiger partial charge in [0.2, 0.25) is 0 Å². The van der Waals surface area contributed by atoms with Crippen LogP contribution in [-0.2, 0) is 14.6 Å². The summed E-state index contributed by atoms with van der Waals surface area (Å²) in [6.45, 7) is 13.1. The smallest absolute Gasteiger partial charge is 0.403 e. The van der Waals surface area contributed by atoms with Crippen molar-refractivity contribution in [2.24, 2.45) is 0 Å². The summed E-state index contributed by atoms with van der Waals surface area (Å²) in [6.07, 6.45) is 1.01. The average molecular weight is 350 g/mol. The molecule has 0 amide bonds. The van der Waals surface area contributed by atoms with E-state index in [1.54, 1.807) is 0 Å². The standard InChI is InChI=1S/C23H31BO2/c1-7-20(18-14-10-8-11-15-18)23(6,19-16-12-9-13-17-19)24-25-21(2,3)22(4,5)26-24/h8-17,20H,7H2,1-6H3. The fourth-order valence-electron chi connectivity index (χ4n) is 4.08. The van der Waals surface area contributed by atoms with E-state index in [9.17, 15) is 0 Å². The Morgan fingerprint density at radius 1 is 0.846 bits per heavy atom. The molecule has 138 valence electrons. The van der Waals surface area contributed by atoms with Gasteiger partial charge in [-0.1, -0.05) is 74.5 Å². The van der Waals surface area contributed by atoms with Crippen molar-refractivity contribution in [3.8, 4) is 0 Å². The number of hydrogen-bond acceptors (Lipinski definition) is 2. The van der Waals surface area contributed by atoms with Crippen LogP contribution in [0.5, 0.6) is 0 Å². The highest BCUT2D eigenvalue weighted by Crippen LogP contribution is 2.49. The van der Waals surface area contributed by atoms with Crippen LogP contribution in [0, 0.1) is 0 Å². The second-order valence-electron chi connectivity index (χ2n) is 8.61. The maximum Gasteiger partial charge on any atom is 0.469 e. The molecule has 3 heteroatoms. The molecule has 2 unspecified atom stereocenters. The van der Waals surface area contributed by atoms with E-state index in [0.717, 1.165) is 6.42 Å². The molecule has 0 aromatic heterocycles. The van der Waals surface area contributed by atoms with Crippen LogP contribution in [0.2, 0.25) is 0 Å². The lowest BCUT2D eigenvalue weighted by molar-refractivity contribution is 0.00578. The average Bonchev–Trinajstić information content (AvgIpc) is 2.85. The summed E-state index contributed by atoms with van der Waals surface area (Å²) in [5.74, 6) is 0.292. The number of benzene rings is 2. The largest absolute Gasteiger partial charge is 0.469 e. The highest BCUT2D eigenvalue weighted by atomic mass is 16.7. The van der Waals surface area contributed by atoms with Crippen molar-refractivity contribution in [2.45, 2.75) is 70.4 Å². The zero-order valence-corrected chi connectivity index (χ0v) is 17.0. The van der Waals surface area contributed by atoms with Crippen LogP contribution >= 0.6 is 0 Å². The molecule has 1 aliphatic rings. The van der Waals surface area contributed by atoms with Crippen LogP contribution in [0.3, 0.4) is 0 Å². The van der Waals surface area contributed by atoms with Gasteiger partial charge in [0.25, 0.3) is 0 Å². The number of rotatable bonds is 5. The molecule has 1 saturated heterocycles.